The summed E-state index contributed by atoms with van der Waals surface area (Å²) in [5.74, 6) is 0.961. The Morgan fingerprint density at radius 1 is 1.25 bits per heavy atom. The Morgan fingerprint density at radius 2 is 1.88 bits per heavy atom. The van der Waals surface area contributed by atoms with Gasteiger partial charge in [0.05, 0.1) is 0 Å². The lowest BCUT2D eigenvalue weighted by molar-refractivity contribution is 0.118. The Morgan fingerprint density at radius 3 is 2.44 bits per heavy atom. The molecule has 1 heterocycles. The first-order chi connectivity index (χ1) is 7.28. The third kappa shape index (κ3) is 3.46. The van der Waals surface area contributed by atoms with Crippen LogP contribution in [-0.4, -0.2) is 23.8 Å². The van der Waals surface area contributed by atoms with Crippen molar-refractivity contribution in [3.63, 3.8) is 0 Å². The molecule has 96 valence electrons. The topological polar surface area (TPSA) is 32.3 Å². The van der Waals surface area contributed by atoms with Gasteiger partial charge in [-0.25, -0.2) is 0 Å². The van der Waals surface area contributed by atoms with E-state index in [-0.39, 0.29) is 5.54 Å². The van der Waals surface area contributed by atoms with Crippen LogP contribution in [0.1, 0.15) is 53.9 Å². The Balaban J connectivity index is 2.80. The van der Waals surface area contributed by atoms with Gasteiger partial charge in [-0.1, -0.05) is 27.2 Å². The number of rotatable bonds is 1. The van der Waals surface area contributed by atoms with Gasteiger partial charge in [-0.05, 0) is 43.9 Å². The van der Waals surface area contributed by atoms with Crippen molar-refractivity contribution in [2.75, 3.05) is 13.2 Å². The molecule has 0 bridgehead atoms. The number of hydrogen-bond donors (Lipinski definition) is 2. The molecule has 1 fully saturated rings. The normalized spacial score (nSPS) is 34.9. The molecule has 1 aliphatic rings. The molecule has 1 rings (SSSR count). The van der Waals surface area contributed by atoms with Crippen LogP contribution in [0.3, 0.4) is 0 Å². The maximum absolute atomic E-state index is 9.50. The average Bonchev–Trinajstić information content (AvgIpc) is 2.23. The SMILES string of the molecule is CC1C(CO)CCCC(C)(C)CNC1(C)C. The third-order valence-electron chi connectivity index (χ3n) is 4.53. The molecule has 0 aromatic carbocycles. The Kier molecular flexibility index (Phi) is 4.42. The molecule has 2 atom stereocenters. The zero-order chi connectivity index (χ0) is 12.4. The molecular formula is C14H29NO. The molecule has 2 nitrogen and oxygen atoms in total. The predicted molar refractivity (Wildman–Crippen MR) is 69.5 cm³/mol. The summed E-state index contributed by atoms with van der Waals surface area (Å²) in [5.41, 5.74) is 0.496. The molecular weight excluding hydrogens is 198 g/mol. The van der Waals surface area contributed by atoms with Gasteiger partial charge in [0.25, 0.3) is 0 Å². The van der Waals surface area contributed by atoms with Crippen molar-refractivity contribution >= 4 is 0 Å². The van der Waals surface area contributed by atoms with Gasteiger partial charge in [0.1, 0.15) is 0 Å². The first kappa shape index (κ1) is 14.0. The van der Waals surface area contributed by atoms with Crippen molar-refractivity contribution in [1.29, 1.82) is 0 Å². The van der Waals surface area contributed by atoms with Crippen LogP contribution in [0.5, 0.6) is 0 Å². The summed E-state index contributed by atoms with van der Waals surface area (Å²) in [6.45, 7) is 12.9. The summed E-state index contributed by atoms with van der Waals surface area (Å²) in [7, 11) is 0. The Bertz CT molecular complexity index is 223. The summed E-state index contributed by atoms with van der Waals surface area (Å²) >= 11 is 0. The molecule has 2 N–H and O–H groups in total. The van der Waals surface area contributed by atoms with Crippen LogP contribution in [0.4, 0.5) is 0 Å². The van der Waals surface area contributed by atoms with Crippen molar-refractivity contribution in [2.24, 2.45) is 17.3 Å². The second-order valence-electron chi connectivity index (χ2n) is 6.86. The quantitative estimate of drug-likeness (QED) is 0.722. The highest BCUT2D eigenvalue weighted by Crippen LogP contribution is 2.33. The summed E-state index contributed by atoms with van der Waals surface area (Å²) in [5, 5.41) is 13.2. The van der Waals surface area contributed by atoms with Gasteiger partial charge in [-0.2, -0.15) is 0 Å². The standard InChI is InChI=1S/C14H29NO/c1-11-12(9-16)7-6-8-13(2,3)10-15-14(11,4)5/h11-12,15-16H,6-10H2,1-5H3. The fraction of sp³-hybridized carbons (Fsp3) is 1.00. The molecule has 0 radical (unpaired) electrons. The monoisotopic (exact) mass is 227 g/mol. The van der Waals surface area contributed by atoms with E-state index in [1.807, 2.05) is 0 Å². The van der Waals surface area contributed by atoms with E-state index >= 15 is 0 Å². The fourth-order valence-electron chi connectivity index (χ4n) is 2.65. The first-order valence-corrected chi connectivity index (χ1v) is 6.64. The average molecular weight is 227 g/mol. The number of nitrogens with one attached hydrogen (secondary N) is 1. The maximum Gasteiger partial charge on any atom is 0.0462 e. The third-order valence-corrected chi connectivity index (χ3v) is 4.53. The van der Waals surface area contributed by atoms with Crippen LogP contribution in [0, 0.1) is 17.3 Å². The highest BCUT2D eigenvalue weighted by molar-refractivity contribution is 4.91. The smallest absolute Gasteiger partial charge is 0.0462 e. The molecule has 16 heavy (non-hydrogen) atoms. The van der Waals surface area contributed by atoms with Crippen molar-refractivity contribution in [2.45, 2.75) is 59.4 Å². The minimum absolute atomic E-state index is 0.120. The van der Waals surface area contributed by atoms with Crippen molar-refractivity contribution in [3.8, 4) is 0 Å². The zero-order valence-corrected chi connectivity index (χ0v) is 11.6. The van der Waals surface area contributed by atoms with Crippen LogP contribution < -0.4 is 5.32 Å². The molecule has 0 amide bonds. The van der Waals surface area contributed by atoms with Crippen LogP contribution in [0.2, 0.25) is 0 Å². The van der Waals surface area contributed by atoms with E-state index in [1.54, 1.807) is 0 Å². The summed E-state index contributed by atoms with van der Waals surface area (Å²) in [4.78, 5) is 0. The molecule has 0 aliphatic carbocycles. The molecule has 2 unspecified atom stereocenters. The van der Waals surface area contributed by atoms with E-state index in [9.17, 15) is 5.11 Å². The van der Waals surface area contributed by atoms with Gasteiger partial charge in [0.2, 0.25) is 0 Å². The highest BCUT2D eigenvalue weighted by Gasteiger charge is 2.34. The highest BCUT2D eigenvalue weighted by atomic mass is 16.3. The van der Waals surface area contributed by atoms with Gasteiger partial charge in [0, 0.05) is 18.7 Å². The predicted octanol–water partition coefficient (Wildman–Crippen LogP) is 2.81. The first-order valence-electron chi connectivity index (χ1n) is 6.64. The van der Waals surface area contributed by atoms with E-state index in [0.717, 1.165) is 13.0 Å². The minimum atomic E-state index is 0.120. The molecule has 1 saturated heterocycles. The lowest BCUT2D eigenvalue weighted by atomic mass is 9.78. The largest absolute Gasteiger partial charge is 0.396 e. The molecule has 0 aromatic rings. The Labute approximate surface area is 101 Å². The number of aliphatic hydroxyl groups is 1. The molecule has 0 spiro atoms. The van der Waals surface area contributed by atoms with Gasteiger partial charge in [-0.15, -0.1) is 0 Å². The molecule has 0 saturated carbocycles. The summed E-state index contributed by atoms with van der Waals surface area (Å²) in [6.07, 6.45) is 3.64. The van der Waals surface area contributed by atoms with E-state index < -0.39 is 0 Å². The van der Waals surface area contributed by atoms with Gasteiger partial charge >= 0.3 is 0 Å². The van der Waals surface area contributed by atoms with E-state index in [2.05, 4.69) is 39.9 Å². The van der Waals surface area contributed by atoms with Crippen LogP contribution in [0.15, 0.2) is 0 Å². The van der Waals surface area contributed by atoms with Crippen LogP contribution >= 0.6 is 0 Å². The zero-order valence-electron chi connectivity index (χ0n) is 11.6. The number of aliphatic hydroxyl groups excluding tert-OH is 1. The van der Waals surface area contributed by atoms with E-state index in [0.29, 0.717) is 23.9 Å². The van der Waals surface area contributed by atoms with E-state index in [1.165, 1.54) is 12.8 Å². The van der Waals surface area contributed by atoms with Gasteiger partial charge in [-0.3, -0.25) is 0 Å². The summed E-state index contributed by atoms with van der Waals surface area (Å²) in [6, 6.07) is 0. The molecule has 2 heteroatoms. The van der Waals surface area contributed by atoms with E-state index in [4.69, 9.17) is 0 Å². The van der Waals surface area contributed by atoms with Crippen LogP contribution in [-0.2, 0) is 0 Å². The van der Waals surface area contributed by atoms with Crippen LogP contribution in [0.25, 0.3) is 0 Å². The van der Waals surface area contributed by atoms with Crippen molar-refractivity contribution < 1.29 is 5.11 Å². The fourth-order valence-corrected chi connectivity index (χ4v) is 2.65. The second-order valence-corrected chi connectivity index (χ2v) is 6.86. The number of hydrogen-bond acceptors (Lipinski definition) is 2. The minimum Gasteiger partial charge on any atom is -0.396 e. The summed E-state index contributed by atoms with van der Waals surface area (Å²) < 4.78 is 0. The Hall–Kier alpha value is -0.0800. The van der Waals surface area contributed by atoms with Gasteiger partial charge in [0.15, 0.2) is 0 Å². The lowest BCUT2D eigenvalue weighted by Crippen LogP contribution is -2.50. The van der Waals surface area contributed by atoms with Crippen molar-refractivity contribution in [3.05, 3.63) is 0 Å². The van der Waals surface area contributed by atoms with Gasteiger partial charge < -0.3 is 10.4 Å². The second kappa shape index (κ2) is 5.05. The maximum atomic E-state index is 9.50. The lowest BCUT2D eigenvalue weighted by Gasteiger charge is -2.38. The molecule has 0 aromatic heterocycles. The van der Waals surface area contributed by atoms with Crippen molar-refractivity contribution in [1.82, 2.24) is 5.32 Å². The molecule has 1 aliphatic heterocycles.